The Bertz CT molecular complexity index is 953. The first-order valence-electron chi connectivity index (χ1n) is 9.38. The van der Waals surface area contributed by atoms with Crippen LogP contribution in [0, 0.1) is 0 Å². The van der Waals surface area contributed by atoms with E-state index < -0.39 is 0 Å². The number of benzene rings is 1. The van der Waals surface area contributed by atoms with Gasteiger partial charge in [0.25, 0.3) is 0 Å². The van der Waals surface area contributed by atoms with Crippen LogP contribution in [-0.4, -0.2) is 60.3 Å². The van der Waals surface area contributed by atoms with E-state index >= 15 is 0 Å². The molecule has 1 aliphatic rings. The van der Waals surface area contributed by atoms with E-state index in [9.17, 15) is 0 Å². The molecule has 0 N–H and O–H groups in total. The van der Waals surface area contributed by atoms with E-state index in [1.54, 1.807) is 25.6 Å². The predicted molar refractivity (Wildman–Crippen MR) is 113 cm³/mol. The van der Waals surface area contributed by atoms with Gasteiger partial charge in [-0.15, -0.1) is 11.3 Å². The molecule has 0 amide bonds. The molecule has 4 rings (SSSR count). The summed E-state index contributed by atoms with van der Waals surface area (Å²) in [4.78, 5) is 10.6. The second kappa shape index (κ2) is 9.13. The van der Waals surface area contributed by atoms with Crippen LogP contribution in [0.25, 0.3) is 11.4 Å². The minimum atomic E-state index is 0.521. The van der Waals surface area contributed by atoms with Crippen LogP contribution in [0.5, 0.6) is 11.5 Å². The molecule has 0 spiro atoms. The minimum absolute atomic E-state index is 0.521. The van der Waals surface area contributed by atoms with Gasteiger partial charge < -0.3 is 14.0 Å². The number of hydrogen-bond acceptors (Lipinski definition) is 8. The van der Waals surface area contributed by atoms with Crippen molar-refractivity contribution in [2.24, 2.45) is 0 Å². The third-order valence-electron chi connectivity index (χ3n) is 4.95. The van der Waals surface area contributed by atoms with Crippen molar-refractivity contribution in [3.05, 3.63) is 45.4 Å². The standard InChI is InChI=1S/C20H23ClN4O3S/c1-26-14-3-5-16(17(11-14)27-2)20-22-19(28-23-20)13-25-9-7-24(8-10-25)12-15-4-6-18(21)29-15/h3-6,11H,7-10,12-13H2,1-2H3. The van der Waals surface area contributed by atoms with Gasteiger partial charge in [0.05, 0.1) is 30.7 Å². The fraction of sp³-hybridized carbons (Fsp3) is 0.400. The quantitative estimate of drug-likeness (QED) is 0.560. The summed E-state index contributed by atoms with van der Waals surface area (Å²) in [5.74, 6) is 2.50. The number of piperazine rings is 1. The average Bonchev–Trinajstić information content (AvgIpc) is 3.37. The van der Waals surface area contributed by atoms with Crippen molar-refractivity contribution in [3.8, 4) is 22.9 Å². The molecule has 0 bridgehead atoms. The van der Waals surface area contributed by atoms with Crippen molar-refractivity contribution in [1.29, 1.82) is 0 Å². The molecule has 3 aromatic rings. The lowest BCUT2D eigenvalue weighted by molar-refractivity contribution is 0.113. The molecule has 2 aromatic heterocycles. The summed E-state index contributed by atoms with van der Waals surface area (Å²) >= 11 is 7.68. The van der Waals surface area contributed by atoms with Crippen molar-refractivity contribution < 1.29 is 14.0 Å². The summed E-state index contributed by atoms with van der Waals surface area (Å²) < 4.78 is 17.0. The second-order valence-electron chi connectivity index (χ2n) is 6.84. The Hall–Kier alpha value is -2.13. The maximum absolute atomic E-state index is 6.03. The topological polar surface area (TPSA) is 63.9 Å². The Balaban J connectivity index is 1.34. The molecule has 0 saturated carbocycles. The molecule has 154 valence electrons. The lowest BCUT2D eigenvalue weighted by atomic mass is 10.2. The van der Waals surface area contributed by atoms with Crippen LogP contribution in [0.1, 0.15) is 10.8 Å². The molecule has 29 heavy (non-hydrogen) atoms. The Morgan fingerprint density at radius 3 is 2.45 bits per heavy atom. The van der Waals surface area contributed by atoms with Gasteiger partial charge >= 0.3 is 0 Å². The summed E-state index contributed by atoms with van der Waals surface area (Å²) in [6.45, 7) is 5.52. The molecule has 1 aromatic carbocycles. The van der Waals surface area contributed by atoms with Crippen LogP contribution in [0.2, 0.25) is 4.34 Å². The summed E-state index contributed by atoms with van der Waals surface area (Å²) in [5, 5.41) is 4.13. The zero-order valence-corrected chi connectivity index (χ0v) is 18.0. The third kappa shape index (κ3) is 4.90. The molecule has 0 unspecified atom stereocenters. The normalized spacial score (nSPS) is 15.6. The van der Waals surface area contributed by atoms with Gasteiger partial charge in [-0.25, -0.2) is 0 Å². The molecule has 9 heteroatoms. The van der Waals surface area contributed by atoms with Crippen LogP contribution >= 0.6 is 22.9 Å². The molecular weight excluding hydrogens is 412 g/mol. The highest BCUT2D eigenvalue weighted by molar-refractivity contribution is 7.16. The van der Waals surface area contributed by atoms with Gasteiger partial charge in [-0.05, 0) is 24.3 Å². The van der Waals surface area contributed by atoms with E-state index in [0.29, 0.717) is 24.0 Å². The summed E-state index contributed by atoms with van der Waals surface area (Å²) in [6, 6.07) is 9.61. The fourth-order valence-corrected chi connectivity index (χ4v) is 4.50. The number of hydrogen-bond donors (Lipinski definition) is 0. The lowest BCUT2D eigenvalue weighted by Crippen LogP contribution is -2.45. The Kier molecular flexibility index (Phi) is 6.34. The monoisotopic (exact) mass is 434 g/mol. The molecule has 3 heterocycles. The Morgan fingerprint density at radius 1 is 1.03 bits per heavy atom. The lowest BCUT2D eigenvalue weighted by Gasteiger charge is -2.33. The molecule has 7 nitrogen and oxygen atoms in total. The van der Waals surface area contributed by atoms with Gasteiger partial charge in [0.15, 0.2) is 0 Å². The number of rotatable bonds is 7. The van der Waals surface area contributed by atoms with E-state index in [2.05, 4.69) is 26.0 Å². The third-order valence-corrected chi connectivity index (χ3v) is 6.17. The highest BCUT2D eigenvalue weighted by Gasteiger charge is 2.21. The number of nitrogens with zero attached hydrogens (tertiary/aromatic N) is 4. The molecule has 1 aliphatic heterocycles. The van der Waals surface area contributed by atoms with Crippen molar-refractivity contribution in [2.75, 3.05) is 40.4 Å². The molecular formula is C20H23ClN4O3S. The van der Waals surface area contributed by atoms with Gasteiger partial charge in [-0.2, -0.15) is 4.98 Å². The molecule has 1 fully saturated rings. The first-order valence-corrected chi connectivity index (χ1v) is 10.6. The Labute approximate surface area is 178 Å². The van der Waals surface area contributed by atoms with Crippen molar-refractivity contribution >= 4 is 22.9 Å². The van der Waals surface area contributed by atoms with Gasteiger partial charge in [-0.1, -0.05) is 16.8 Å². The Morgan fingerprint density at radius 2 is 1.79 bits per heavy atom. The van der Waals surface area contributed by atoms with Crippen LogP contribution < -0.4 is 9.47 Å². The van der Waals surface area contributed by atoms with E-state index in [1.165, 1.54) is 4.88 Å². The van der Waals surface area contributed by atoms with Gasteiger partial charge in [0.2, 0.25) is 11.7 Å². The largest absolute Gasteiger partial charge is 0.497 e. The molecule has 1 saturated heterocycles. The average molecular weight is 435 g/mol. The highest BCUT2D eigenvalue weighted by Crippen LogP contribution is 2.31. The van der Waals surface area contributed by atoms with Crippen molar-refractivity contribution in [2.45, 2.75) is 13.1 Å². The maximum atomic E-state index is 6.03. The van der Waals surface area contributed by atoms with Gasteiger partial charge in [0, 0.05) is 43.7 Å². The molecule has 0 aliphatic carbocycles. The number of halogens is 1. The predicted octanol–water partition coefficient (Wildman–Crippen LogP) is 3.79. The van der Waals surface area contributed by atoms with E-state index in [-0.39, 0.29) is 0 Å². The minimum Gasteiger partial charge on any atom is -0.497 e. The van der Waals surface area contributed by atoms with E-state index in [1.807, 2.05) is 24.3 Å². The van der Waals surface area contributed by atoms with Crippen molar-refractivity contribution in [3.63, 3.8) is 0 Å². The number of aromatic nitrogens is 2. The van der Waals surface area contributed by atoms with E-state index in [4.69, 9.17) is 25.6 Å². The van der Waals surface area contributed by atoms with Crippen molar-refractivity contribution in [1.82, 2.24) is 19.9 Å². The van der Waals surface area contributed by atoms with Gasteiger partial charge in [-0.3, -0.25) is 9.80 Å². The first-order chi connectivity index (χ1) is 14.1. The zero-order valence-electron chi connectivity index (χ0n) is 16.4. The van der Waals surface area contributed by atoms with E-state index in [0.717, 1.165) is 48.4 Å². The second-order valence-corrected chi connectivity index (χ2v) is 8.64. The van der Waals surface area contributed by atoms with Crippen LogP contribution in [0.3, 0.4) is 0 Å². The smallest absolute Gasteiger partial charge is 0.241 e. The van der Waals surface area contributed by atoms with Crippen LogP contribution in [0.4, 0.5) is 0 Å². The summed E-state index contributed by atoms with van der Waals surface area (Å²) in [7, 11) is 3.24. The number of thiophene rings is 1. The molecule has 0 atom stereocenters. The fourth-order valence-electron chi connectivity index (χ4n) is 3.37. The van der Waals surface area contributed by atoms with Crippen LogP contribution in [0.15, 0.2) is 34.9 Å². The zero-order chi connectivity index (χ0) is 20.2. The summed E-state index contributed by atoms with van der Waals surface area (Å²) in [5.41, 5.74) is 0.780. The first kappa shape index (κ1) is 20.2. The number of ether oxygens (including phenoxy) is 2. The highest BCUT2D eigenvalue weighted by atomic mass is 35.5. The number of methoxy groups -OCH3 is 2. The van der Waals surface area contributed by atoms with Crippen LogP contribution in [-0.2, 0) is 13.1 Å². The summed E-state index contributed by atoms with van der Waals surface area (Å²) in [6.07, 6.45) is 0. The SMILES string of the molecule is COc1ccc(-c2noc(CN3CCN(Cc4ccc(Cl)s4)CC3)n2)c(OC)c1. The molecule has 0 radical (unpaired) electrons. The van der Waals surface area contributed by atoms with Gasteiger partial charge in [0.1, 0.15) is 11.5 Å². The maximum Gasteiger partial charge on any atom is 0.241 e.